The standard InChI is InChI=1S/C16H25N5O2/c1-21(2)14-8-13(18-11-19-14)20-15(22)17-10-12-4-7-23-16(9-12)5-3-6-16/h8,11-12H,3-7,9-10H2,1-2H3,(H2,17,18,19,20,22). The van der Waals surface area contributed by atoms with E-state index in [-0.39, 0.29) is 11.6 Å². The van der Waals surface area contributed by atoms with Gasteiger partial charge in [0.05, 0.1) is 5.60 Å². The molecule has 1 aromatic rings. The third kappa shape index (κ3) is 3.90. The minimum absolute atomic E-state index is 0.119. The SMILES string of the molecule is CN(C)c1cc(NC(=O)NCC2CCOC3(CCC3)C2)ncn1. The number of amides is 2. The Labute approximate surface area is 136 Å². The average Bonchev–Trinajstić information content (AvgIpc) is 2.52. The summed E-state index contributed by atoms with van der Waals surface area (Å²) in [5, 5.41) is 5.72. The lowest BCUT2D eigenvalue weighted by Gasteiger charge is -2.47. The molecule has 23 heavy (non-hydrogen) atoms. The summed E-state index contributed by atoms with van der Waals surface area (Å²) in [5.74, 6) is 1.76. The lowest BCUT2D eigenvalue weighted by Crippen LogP contribution is -2.48. The number of carbonyl (C=O) groups is 1. The molecule has 3 rings (SSSR count). The van der Waals surface area contributed by atoms with Crippen LogP contribution in [0.2, 0.25) is 0 Å². The van der Waals surface area contributed by atoms with Crippen LogP contribution in [0.25, 0.3) is 0 Å². The fraction of sp³-hybridized carbons (Fsp3) is 0.688. The van der Waals surface area contributed by atoms with Gasteiger partial charge in [0, 0.05) is 33.3 Å². The summed E-state index contributed by atoms with van der Waals surface area (Å²) < 4.78 is 5.92. The molecular weight excluding hydrogens is 294 g/mol. The number of rotatable bonds is 4. The van der Waals surface area contributed by atoms with E-state index in [9.17, 15) is 4.79 Å². The van der Waals surface area contributed by atoms with Gasteiger partial charge in [-0.3, -0.25) is 5.32 Å². The summed E-state index contributed by atoms with van der Waals surface area (Å²) in [6.45, 7) is 1.49. The first-order valence-corrected chi connectivity index (χ1v) is 8.24. The second-order valence-electron chi connectivity index (χ2n) is 6.73. The van der Waals surface area contributed by atoms with Gasteiger partial charge in [0.1, 0.15) is 18.0 Å². The fourth-order valence-corrected chi connectivity index (χ4v) is 3.28. The molecule has 1 atom stereocenters. The zero-order valence-electron chi connectivity index (χ0n) is 13.8. The third-order valence-electron chi connectivity index (χ3n) is 4.76. The number of hydrogen-bond acceptors (Lipinski definition) is 5. The van der Waals surface area contributed by atoms with Gasteiger partial charge in [0.25, 0.3) is 0 Å². The van der Waals surface area contributed by atoms with Crippen LogP contribution in [0.15, 0.2) is 12.4 Å². The van der Waals surface area contributed by atoms with E-state index in [1.165, 1.54) is 25.6 Å². The van der Waals surface area contributed by atoms with Crippen LogP contribution in [0.4, 0.5) is 16.4 Å². The summed E-state index contributed by atoms with van der Waals surface area (Å²) in [5.41, 5.74) is 0.119. The zero-order chi connectivity index (χ0) is 16.3. The summed E-state index contributed by atoms with van der Waals surface area (Å²) in [7, 11) is 3.79. The Hall–Kier alpha value is -1.89. The third-order valence-corrected chi connectivity index (χ3v) is 4.76. The molecule has 2 amide bonds. The lowest BCUT2D eigenvalue weighted by atomic mass is 9.72. The molecule has 1 aliphatic heterocycles. The van der Waals surface area contributed by atoms with Crippen molar-refractivity contribution in [1.29, 1.82) is 0 Å². The van der Waals surface area contributed by atoms with Crippen molar-refractivity contribution in [3.63, 3.8) is 0 Å². The van der Waals surface area contributed by atoms with Crippen molar-refractivity contribution in [1.82, 2.24) is 15.3 Å². The minimum atomic E-state index is -0.220. The summed E-state index contributed by atoms with van der Waals surface area (Å²) in [4.78, 5) is 22.1. The molecule has 1 saturated carbocycles. The van der Waals surface area contributed by atoms with Gasteiger partial charge in [-0.1, -0.05) is 0 Å². The maximum absolute atomic E-state index is 12.1. The maximum Gasteiger partial charge on any atom is 0.320 e. The van der Waals surface area contributed by atoms with Gasteiger partial charge in [0.2, 0.25) is 0 Å². The number of nitrogens with zero attached hydrogens (tertiary/aromatic N) is 3. The second-order valence-corrected chi connectivity index (χ2v) is 6.73. The number of ether oxygens (including phenoxy) is 1. The first-order valence-electron chi connectivity index (χ1n) is 8.24. The summed E-state index contributed by atoms with van der Waals surface area (Å²) in [6.07, 6.45) is 7.13. The van der Waals surface area contributed by atoms with Crippen molar-refractivity contribution in [2.45, 2.75) is 37.7 Å². The van der Waals surface area contributed by atoms with E-state index >= 15 is 0 Å². The highest BCUT2D eigenvalue weighted by molar-refractivity contribution is 5.88. The Bertz CT molecular complexity index is 559. The molecule has 126 valence electrons. The average molecular weight is 319 g/mol. The molecule has 7 nitrogen and oxygen atoms in total. The van der Waals surface area contributed by atoms with Crippen LogP contribution in [0.1, 0.15) is 32.1 Å². The number of urea groups is 1. The van der Waals surface area contributed by atoms with E-state index < -0.39 is 0 Å². The van der Waals surface area contributed by atoms with Crippen molar-refractivity contribution in [2.24, 2.45) is 5.92 Å². The van der Waals surface area contributed by atoms with Gasteiger partial charge in [-0.05, 0) is 38.0 Å². The van der Waals surface area contributed by atoms with Crippen LogP contribution >= 0.6 is 0 Å². The van der Waals surface area contributed by atoms with Crippen molar-refractivity contribution in [2.75, 3.05) is 37.5 Å². The molecular formula is C16H25N5O2. The smallest absolute Gasteiger partial charge is 0.320 e. The number of nitrogens with one attached hydrogen (secondary N) is 2. The summed E-state index contributed by atoms with van der Waals surface area (Å²) in [6, 6.07) is 1.53. The highest BCUT2D eigenvalue weighted by Crippen LogP contribution is 2.43. The van der Waals surface area contributed by atoms with Crippen LogP contribution in [0, 0.1) is 5.92 Å². The molecule has 1 unspecified atom stereocenters. The molecule has 1 aliphatic carbocycles. The van der Waals surface area contributed by atoms with Crippen molar-refractivity contribution in [3.05, 3.63) is 12.4 Å². The second kappa shape index (κ2) is 6.70. The molecule has 1 spiro atoms. The van der Waals surface area contributed by atoms with E-state index in [4.69, 9.17) is 4.74 Å². The van der Waals surface area contributed by atoms with Gasteiger partial charge >= 0.3 is 6.03 Å². The number of carbonyl (C=O) groups excluding carboxylic acids is 1. The molecule has 0 radical (unpaired) electrons. The minimum Gasteiger partial charge on any atom is -0.375 e. The molecule has 2 aliphatic rings. The van der Waals surface area contributed by atoms with Crippen LogP contribution in [0.5, 0.6) is 0 Å². The normalized spacial score (nSPS) is 22.3. The Morgan fingerprint density at radius 2 is 2.26 bits per heavy atom. The first-order chi connectivity index (χ1) is 11.1. The van der Waals surface area contributed by atoms with Crippen molar-refractivity contribution in [3.8, 4) is 0 Å². The van der Waals surface area contributed by atoms with E-state index in [0.717, 1.165) is 25.3 Å². The zero-order valence-corrected chi connectivity index (χ0v) is 13.8. The highest BCUT2D eigenvalue weighted by atomic mass is 16.5. The van der Waals surface area contributed by atoms with Crippen molar-refractivity contribution < 1.29 is 9.53 Å². The highest BCUT2D eigenvalue weighted by Gasteiger charge is 2.42. The predicted molar refractivity (Wildman–Crippen MR) is 88.6 cm³/mol. The lowest BCUT2D eigenvalue weighted by molar-refractivity contribution is -0.142. The van der Waals surface area contributed by atoms with E-state index in [0.29, 0.717) is 18.3 Å². The van der Waals surface area contributed by atoms with E-state index in [1.54, 1.807) is 6.07 Å². The number of aromatic nitrogens is 2. The molecule has 7 heteroatoms. The van der Waals surface area contributed by atoms with Gasteiger partial charge in [-0.2, -0.15) is 0 Å². The molecule has 1 saturated heterocycles. The van der Waals surface area contributed by atoms with Crippen LogP contribution in [0.3, 0.4) is 0 Å². The quantitative estimate of drug-likeness (QED) is 0.887. The molecule has 0 bridgehead atoms. The van der Waals surface area contributed by atoms with Crippen LogP contribution < -0.4 is 15.5 Å². The topological polar surface area (TPSA) is 79.4 Å². The summed E-state index contributed by atoms with van der Waals surface area (Å²) >= 11 is 0. The van der Waals surface area contributed by atoms with Crippen molar-refractivity contribution >= 4 is 17.7 Å². The van der Waals surface area contributed by atoms with E-state index in [2.05, 4.69) is 20.6 Å². The fourth-order valence-electron chi connectivity index (χ4n) is 3.28. The Kier molecular flexibility index (Phi) is 4.66. The Balaban J connectivity index is 1.47. The Morgan fingerprint density at radius 3 is 2.96 bits per heavy atom. The molecule has 2 heterocycles. The van der Waals surface area contributed by atoms with Gasteiger partial charge in [0.15, 0.2) is 0 Å². The van der Waals surface area contributed by atoms with Gasteiger partial charge < -0.3 is 15.0 Å². The molecule has 1 aromatic heterocycles. The molecule has 0 aromatic carbocycles. The molecule has 2 fully saturated rings. The van der Waals surface area contributed by atoms with E-state index in [1.807, 2.05) is 19.0 Å². The predicted octanol–water partition coefficient (Wildman–Crippen LogP) is 2.01. The number of hydrogen-bond donors (Lipinski definition) is 2. The first kappa shape index (κ1) is 16.0. The Morgan fingerprint density at radius 1 is 1.43 bits per heavy atom. The van der Waals surface area contributed by atoms with Crippen LogP contribution in [-0.4, -0.2) is 48.8 Å². The number of anilines is 2. The van der Waals surface area contributed by atoms with Gasteiger partial charge in [-0.25, -0.2) is 14.8 Å². The molecule has 2 N–H and O–H groups in total. The van der Waals surface area contributed by atoms with Gasteiger partial charge in [-0.15, -0.1) is 0 Å². The maximum atomic E-state index is 12.1. The largest absolute Gasteiger partial charge is 0.375 e. The monoisotopic (exact) mass is 319 g/mol. The van der Waals surface area contributed by atoms with Crippen LogP contribution in [-0.2, 0) is 4.74 Å².